The highest BCUT2D eigenvalue weighted by molar-refractivity contribution is 6.30. The van der Waals surface area contributed by atoms with Gasteiger partial charge in [0, 0.05) is 11.6 Å². The first-order valence-electron chi connectivity index (χ1n) is 6.84. The molecule has 0 amide bonds. The Bertz CT molecular complexity index is 424. The van der Waals surface area contributed by atoms with Crippen LogP contribution in [-0.4, -0.2) is 24.4 Å². The number of hydrogen-bond donors (Lipinski definition) is 0. The number of alkyl halides is 2. The zero-order valence-electron chi connectivity index (χ0n) is 12.0. The molecule has 1 aromatic carbocycles. The lowest BCUT2D eigenvalue weighted by atomic mass is 9.93. The number of nitrogens with zero attached hydrogens (tertiary/aromatic N) is 1. The van der Waals surface area contributed by atoms with Crippen molar-refractivity contribution in [3.05, 3.63) is 34.6 Å². The number of benzene rings is 1. The lowest BCUT2D eigenvalue weighted by molar-refractivity contribution is 0.0507. The minimum Gasteiger partial charge on any atom is -0.290 e. The summed E-state index contributed by atoms with van der Waals surface area (Å²) in [5.74, 6) is -0.503. The lowest BCUT2D eigenvalue weighted by Gasteiger charge is -2.34. The highest BCUT2D eigenvalue weighted by atomic mass is 35.5. The molecule has 0 radical (unpaired) electrons. The molecule has 5 heteroatoms. The third kappa shape index (κ3) is 4.38. The van der Waals surface area contributed by atoms with Crippen molar-refractivity contribution in [3.63, 3.8) is 0 Å². The van der Waals surface area contributed by atoms with E-state index < -0.39 is 18.3 Å². The molecule has 0 spiro atoms. The van der Waals surface area contributed by atoms with Crippen LogP contribution in [0.1, 0.15) is 38.8 Å². The van der Waals surface area contributed by atoms with E-state index in [1.165, 1.54) is 6.07 Å². The van der Waals surface area contributed by atoms with E-state index in [4.69, 9.17) is 11.6 Å². The van der Waals surface area contributed by atoms with Crippen molar-refractivity contribution in [2.24, 2.45) is 5.92 Å². The van der Waals surface area contributed by atoms with Crippen molar-refractivity contribution in [2.45, 2.75) is 39.7 Å². The zero-order valence-corrected chi connectivity index (χ0v) is 12.8. The van der Waals surface area contributed by atoms with Gasteiger partial charge in [-0.3, -0.25) is 4.90 Å². The Hall–Kier alpha value is -0.740. The monoisotopic (exact) mass is 307 g/mol. The maximum absolute atomic E-state index is 14.2. The molecule has 0 bridgehead atoms. The third-order valence-electron chi connectivity index (χ3n) is 3.21. The van der Waals surface area contributed by atoms with Crippen LogP contribution in [0.4, 0.5) is 13.2 Å². The summed E-state index contributed by atoms with van der Waals surface area (Å²) >= 11 is 5.81. The van der Waals surface area contributed by atoms with Crippen molar-refractivity contribution in [2.75, 3.05) is 13.1 Å². The Morgan fingerprint density at radius 2 is 1.90 bits per heavy atom. The second kappa shape index (κ2) is 7.89. The van der Waals surface area contributed by atoms with E-state index in [-0.39, 0.29) is 17.5 Å². The summed E-state index contributed by atoms with van der Waals surface area (Å²) in [7, 11) is 0. The predicted octanol–water partition coefficient (Wildman–Crippen LogP) is 5.15. The van der Waals surface area contributed by atoms with E-state index >= 15 is 0 Å². The van der Waals surface area contributed by atoms with Crippen LogP contribution in [0.2, 0.25) is 5.02 Å². The van der Waals surface area contributed by atoms with Crippen LogP contribution in [0.5, 0.6) is 0 Å². The van der Waals surface area contributed by atoms with E-state index in [9.17, 15) is 13.2 Å². The average molecular weight is 308 g/mol. The minimum atomic E-state index is -2.44. The molecule has 1 unspecified atom stereocenters. The maximum atomic E-state index is 14.2. The molecule has 0 saturated heterocycles. The van der Waals surface area contributed by atoms with Gasteiger partial charge >= 0.3 is 0 Å². The quantitative estimate of drug-likeness (QED) is 0.673. The second-order valence-corrected chi connectivity index (χ2v) is 5.63. The van der Waals surface area contributed by atoms with E-state index in [0.717, 1.165) is 6.42 Å². The molecular weight excluding hydrogens is 287 g/mol. The van der Waals surface area contributed by atoms with Gasteiger partial charge in [0.05, 0.1) is 11.6 Å². The molecule has 1 aromatic rings. The van der Waals surface area contributed by atoms with Crippen LogP contribution in [0.3, 0.4) is 0 Å². The van der Waals surface area contributed by atoms with Crippen LogP contribution in [-0.2, 0) is 0 Å². The Balaban J connectivity index is 3.16. The molecule has 20 heavy (non-hydrogen) atoms. The molecule has 0 saturated carbocycles. The fourth-order valence-electron chi connectivity index (χ4n) is 2.53. The first-order valence-corrected chi connectivity index (χ1v) is 7.22. The largest absolute Gasteiger partial charge is 0.290 e. The van der Waals surface area contributed by atoms with Gasteiger partial charge in [-0.2, -0.15) is 0 Å². The Kier molecular flexibility index (Phi) is 6.83. The van der Waals surface area contributed by atoms with Gasteiger partial charge in [-0.25, -0.2) is 13.2 Å². The van der Waals surface area contributed by atoms with Crippen LogP contribution in [0, 0.1) is 11.7 Å². The van der Waals surface area contributed by atoms with Crippen LogP contribution < -0.4 is 0 Å². The van der Waals surface area contributed by atoms with Crippen molar-refractivity contribution in [1.82, 2.24) is 4.90 Å². The van der Waals surface area contributed by atoms with Gasteiger partial charge < -0.3 is 0 Å². The van der Waals surface area contributed by atoms with E-state index in [0.29, 0.717) is 12.1 Å². The molecule has 0 aliphatic heterocycles. The number of rotatable bonds is 7. The van der Waals surface area contributed by atoms with Gasteiger partial charge in [0.2, 0.25) is 0 Å². The Morgan fingerprint density at radius 3 is 2.40 bits per heavy atom. The Labute approximate surface area is 123 Å². The SMILES string of the molecule is CCCN(CC(F)F)C(c1cccc(Cl)c1F)C(C)C. The first kappa shape index (κ1) is 17.3. The summed E-state index contributed by atoms with van der Waals surface area (Å²) in [6, 6.07) is 4.35. The molecule has 114 valence electrons. The summed E-state index contributed by atoms with van der Waals surface area (Å²) in [6.07, 6.45) is -1.71. The molecule has 0 N–H and O–H groups in total. The molecule has 0 heterocycles. The summed E-state index contributed by atoms with van der Waals surface area (Å²) in [6.45, 7) is 5.87. The molecular formula is C15H21ClF3N. The highest BCUT2D eigenvalue weighted by Gasteiger charge is 2.28. The van der Waals surface area contributed by atoms with Gasteiger partial charge in [0.15, 0.2) is 0 Å². The standard InChI is InChI=1S/C15H21ClF3N/c1-4-8-20(9-13(17)18)15(10(2)3)11-6-5-7-12(16)14(11)19/h5-7,10,13,15H,4,8-9H2,1-3H3. The summed E-state index contributed by atoms with van der Waals surface area (Å²) in [4.78, 5) is 1.64. The van der Waals surface area contributed by atoms with E-state index in [2.05, 4.69) is 0 Å². The summed E-state index contributed by atoms with van der Waals surface area (Å²) in [5.41, 5.74) is 0.390. The van der Waals surface area contributed by atoms with Crippen LogP contribution >= 0.6 is 11.6 Å². The molecule has 1 atom stereocenters. The Morgan fingerprint density at radius 1 is 1.25 bits per heavy atom. The van der Waals surface area contributed by atoms with Crippen molar-refractivity contribution < 1.29 is 13.2 Å². The topological polar surface area (TPSA) is 3.24 Å². The summed E-state index contributed by atoms with van der Waals surface area (Å²) in [5, 5.41) is 0.0293. The van der Waals surface area contributed by atoms with Gasteiger partial charge in [0.25, 0.3) is 6.43 Å². The minimum absolute atomic E-state index is 0.00765. The normalized spacial score (nSPS) is 13.5. The van der Waals surface area contributed by atoms with Crippen molar-refractivity contribution in [3.8, 4) is 0 Å². The predicted molar refractivity (Wildman–Crippen MR) is 76.9 cm³/mol. The van der Waals surface area contributed by atoms with Crippen molar-refractivity contribution in [1.29, 1.82) is 0 Å². The van der Waals surface area contributed by atoms with Crippen LogP contribution in [0.15, 0.2) is 18.2 Å². The maximum Gasteiger partial charge on any atom is 0.251 e. The van der Waals surface area contributed by atoms with E-state index in [1.54, 1.807) is 17.0 Å². The molecule has 0 aliphatic carbocycles. The fourth-order valence-corrected chi connectivity index (χ4v) is 2.72. The third-order valence-corrected chi connectivity index (χ3v) is 3.50. The smallest absolute Gasteiger partial charge is 0.251 e. The lowest BCUT2D eigenvalue weighted by Crippen LogP contribution is -2.36. The highest BCUT2D eigenvalue weighted by Crippen LogP contribution is 2.33. The van der Waals surface area contributed by atoms with Gasteiger partial charge in [0.1, 0.15) is 5.82 Å². The first-order chi connectivity index (χ1) is 9.38. The zero-order chi connectivity index (χ0) is 15.3. The van der Waals surface area contributed by atoms with E-state index in [1.807, 2.05) is 20.8 Å². The number of halogens is 4. The van der Waals surface area contributed by atoms with Crippen LogP contribution in [0.25, 0.3) is 0 Å². The second-order valence-electron chi connectivity index (χ2n) is 5.22. The molecule has 1 rings (SSSR count). The van der Waals surface area contributed by atoms with Gasteiger partial charge in [-0.1, -0.05) is 44.5 Å². The molecule has 0 aliphatic rings. The fraction of sp³-hybridized carbons (Fsp3) is 0.600. The van der Waals surface area contributed by atoms with Crippen molar-refractivity contribution >= 4 is 11.6 Å². The van der Waals surface area contributed by atoms with Gasteiger partial charge in [-0.15, -0.1) is 0 Å². The van der Waals surface area contributed by atoms with Gasteiger partial charge in [-0.05, 0) is 24.9 Å². The molecule has 0 aromatic heterocycles. The summed E-state index contributed by atoms with van der Waals surface area (Å²) < 4.78 is 39.7. The number of hydrogen-bond acceptors (Lipinski definition) is 1. The molecule has 1 nitrogen and oxygen atoms in total. The molecule has 0 fully saturated rings. The average Bonchev–Trinajstić information content (AvgIpc) is 2.34.